The van der Waals surface area contributed by atoms with Gasteiger partial charge in [-0.2, -0.15) is 0 Å². The maximum absolute atomic E-state index is 13.2. The van der Waals surface area contributed by atoms with Crippen LogP contribution in [0.3, 0.4) is 0 Å². The van der Waals surface area contributed by atoms with Crippen LogP contribution >= 0.6 is 11.3 Å². The number of nitrogens with zero attached hydrogens (tertiary/aromatic N) is 2. The highest BCUT2D eigenvalue weighted by Gasteiger charge is 2.19. The first-order valence-corrected chi connectivity index (χ1v) is 10.6. The molecule has 0 aliphatic heterocycles. The number of nitrogens with one attached hydrogen (secondary N) is 2. The Kier molecular flexibility index (Phi) is 5.94. The Morgan fingerprint density at radius 3 is 2.93 bits per heavy atom. The molecule has 0 atom stereocenters. The van der Waals surface area contributed by atoms with Crippen molar-refractivity contribution in [3.05, 3.63) is 52.4 Å². The molecule has 2 heterocycles. The molecule has 0 unspecified atom stereocenters. The van der Waals surface area contributed by atoms with E-state index in [9.17, 15) is 4.39 Å². The SMILES string of the molecule is Fc1cccc(CCNCCCNc2ncnc3sc4c(c23)CCCC4)c1. The lowest BCUT2D eigenvalue weighted by molar-refractivity contribution is 0.621. The molecule has 0 saturated carbocycles. The second-order valence-electron chi connectivity index (χ2n) is 7.02. The van der Waals surface area contributed by atoms with Crippen LogP contribution < -0.4 is 10.6 Å². The number of halogens is 1. The van der Waals surface area contributed by atoms with Gasteiger partial charge in [0.25, 0.3) is 0 Å². The number of hydrogen-bond acceptors (Lipinski definition) is 5. The zero-order valence-corrected chi connectivity index (χ0v) is 16.2. The van der Waals surface area contributed by atoms with Crippen molar-refractivity contribution in [2.45, 2.75) is 38.5 Å². The Labute approximate surface area is 163 Å². The molecule has 4 rings (SSSR count). The van der Waals surface area contributed by atoms with Gasteiger partial charge in [-0.25, -0.2) is 14.4 Å². The summed E-state index contributed by atoms with van der Waals surface area (Å²) in [7, 11) is 0. The monoisotopic (exact) mass is 384 g/mol. The summed E-state index contributed by atoms with van der Waals surface area (Å²) in [5.74, 6) is 0.822. The Hall–Kier alpha value is -2.05. The maximum Gasteiger partial charge on any atom is 0.138 e. The summed E-state index contributed by atoms with van der Waals surface area (Å²) in [5, 5.41) is 8.18. The van der Waals surface area contributed by atoms with Crippen molar-refractivity contribution in [1.29, 1.82) is 0 Å². The predicted octanol–water partition coefficient (Wildman–Crippen LogP) is 4.34. The highest BCUT2D eigenvalue weighted by Crippen LogP contribution is 2.37. The molecule has 0 spiro atoms. The third-order valence-corrected chi connectivity index (χ3v) is 6.25. The van der Waals surface area contributed by atoms with E-state index >= 15 is 0 Å². The van der Waals surface area contributed by atoms with E-state index in [0.29, 0.717) is 0 Å². The van der Waals surface area contributed by atoms with Crippen molar-refractivity contribution in [2.24, 2.45) is 0 Å². The number of aromatic nitrogens is 2. The lowest BCUT2D eigenvalue weighted by Crippen LogP contribution is -2.21. The van der Waals surface area contributed by atoms with Gasteiger partial charge in [0.15, 0.2) is 0 Å². The fourth-order valence-corrected chi connectivity index (χ4v) is 4.92. The van der Waals surface area contributed by atoms with Crippen molar-refractivity contribution in [3.63, 3.8) is 0 Å². The molecule has 0 radical (unpaired) electrons. The van der Waals surface area contributed by atoms with E-state index < -0.39 is 0 Å². The van der Waals surface area contributed by atoms with Crippen molar-refractivity contribution < 1.29 is 4.39 Å². The van der Waals surface area contributed by atoms with Crippen LogP contribution in [0.1, 0.15) is 35.3 Å². The number of anilines is 1. The van der Waals surface area contributed by atoms with Gasteiger partial charge in [-0.3, -0.25) is 0 Å². The van der Waals surface area contributed by atoms with Crippen LogP contribution in [-0.2, 0) is 19.3 Å². The summed E-state index contributed by atoms with van der Waals surface area (Å²) in [5.41, 5.74) is 2.50. The van der Waals surface area contributed by atoms with E-state index in [1.165, 1.54) is 41.2 Å². The summed E-state index contributed by atoms with van der Waals surface area (Å²) in [4.78, 5) is 11.6. The van der Waals surface area contributed by atoms with Crippen LogP contribution in [0.25, 0.3) is 10.2 Å². The van der Waals surface area contributed by atoms with Crippen molar-refractivity contribution in [1.82, 2.24) is 15.3 Å². The van der Waals surface area contributed by atoms with Gasteiger partial charge in [0.2, 0.25) is 0 Å². The molecule has 0 bridgehead atoms. The van der Waals surface area contributed by atoms with Crippen molar-refractivity contribution in [2.75, 3.05) is 25.0 Å². The van der Waals surface area contributed by atoms with E-state index in [2.05, 4.69) is 20.6 Å². The van der Waals surface area contributed by atoms with Gasteiger partial charge >= 0.3 is 0 Å². The molecule has 1 aliphatic rings. The predicted molar refractivity (Wildman–Crippen MR) is 110 cm³/mol. The molecule has 0 saturated heterocycles. The second kappa shape index (κ2) is 8.76. The molecule has 1 aliphatic carbocycles. The molecule has 3 aromatic rings. The van der Waals surface area contributed by atoms with Gasteiger partial charge in [0, 0.05) is 11.4 Å². The molecule has 0 fully saturated rings. The summed E-state index contributed by atoms with van der Waals surface area (Å²) < 4.78 is 13.2. The van der Waals surface area contributed by atoms with Crippen molar-refractivity contribution >= 4 is 27.4 Å². The molecule has 4 nitrogen and oxygen atoms in total. The zero-order chi connectivity index (χ0) is 18.5. The Morgan fingerprint density at radius 1 is 1.07 bits per heavy atom. The topological polar surface area (TPSA) is 49.8 Å². The minimum absolute atomic E-state index is 0.163. The van der Waals surface area contributed by atoms with Crippen LogP contribution in [0.2, 0.25) is 0 Å². The average molecular weight is 385 g/mol. The van der Waals surface area contributed by atoms with Crippen molar-refractivity contribution in [3.8, 4) is 0 Å². The largest absolute Gasteiger partial charge is 0.369 e. The van der Waals surface area contributed by atoms with Crippen LogP contribution in [0, 0.1) is 5.82 Å². The first-order valence-electron chi connectivity index (χ1n) is 9.75. The first-order chi connectivity index (χ1) is 13.3. The number of fused-ring (bicyclic) bond motifs is 3. The quantitative estimate of drug-likeness (QED) is 0.567. The van der Waals surface area contributed by atoms with Gasteiger partial charge in [-0.1, -0.05) is 12.1 Å². The summed E-state index contributed by atoms with van der Waals surface area (Å²) in [6.45, 7) is 2.67. The van der Waals surface area contributed by atoms with E-state index in [1.54, 1.807) is 18.5 Å². The van der Waals surface area contributed by atoms with Crippen LogP contribution in [-0.4, -0.2) is 29.6 Å². The molecular weight excluding hydrogens is 359 g/mol. The Balaban J connectivity index is 1.24. The van der Waals surface area contributed by atoms with Crippen LogP contribution in [0.15, 0.2) is 30.6 Å². The Bertz CT molecular complexity index is 908. The van der Waals surface area contributed by atoms with Gasteiger partial charge < -0.3 is 10.6 Å². The first kappa shape index (κ1) is 18.3. The molecule has 0 amide bonds. The third-order valence-electron chi connectivity index (χ3n) is 5.05. The number of aryl methyl sites for hydroxylation is 2. The van der Waals surface area contributed by atoms with Gasteiger partial charge in [0.1, 0.15) is 22.8 Å². The second-order valence-corrected chi connectivity index (χ2v) is 8.11. The zero-order valence-electron chi connectivity index (χ0n) is 15.4. The lowest BCUT2D eigenvalue weighted by atomic mass is 9.97. The maximum atomic E-state index is 13.2. The fourth-order valence-electron chi connectivity index (χ4n) is 3.69. The van der Waals surface area contributed by atoms with Crippen LogP contribution in [0.4, 0.5) is 10.2 Å². The molecule has 27 heavy (non-hydrogen) atoms. The molecule has 2 N–H and O–H groups in total. The molecule has 6 heteroatoms. The number of benzene rings is 1. The summed E-state index contributed by atoms with van der Waals surface area (Å²) in [6, 6.07) is 6.82. The average Bonchev–Trinajstić information content (AvgIpc) is 3.06. The summed E-state index contributed by atoms with van der Waals surface area (Å²) >= 11 is 1.83. The minimum atomic E-state index is -0.163. The molecule has 142 valence electrons. The summed E-state index contributed by atoms with van der Waals surface area (Å²) in [6.07, 6.45) is 8.42. The van der Waals surface area contributed by atoms with Crippen LogP contribution in [0.5, 0.6) is 0 Å². The normalized spacial score (nSPS) is 13.7. The van der Waals surface area contributed by atoms with Gasteiger partial charge in [-0.15, -0.1) is 11.3 Å². The highest BCUT2D eigenvalue weighted by molar-refractivity contribution is 7.19. The molecule has 1 aromatic carbocycles. The van der Waals surface area contributed by atoms with E-state index in [-0.39, 0.29) is 5.82 Å². The smallest absolute Gasteiger partial charge is 0.138 e. The number of rotatable bonds is 8. The highest BCUT2D eigenvalue weighted by atomic mass is 32.1. The number of hydrogen-bond donors (Lipinski definition) is 2. The third kappa shape index (κ3) is 4.45. The fraction of sp³-hybridized carbons (Fsp3) is 0.429. The molecular formula is C21H25FN4S. The minimum Gasteiger partial charge on any atom is -0.369 e. The Morgan fingerprint density at radius 2 is 2.00 bits per heavy atom. The van der Waals surface area contributed by atoms with E-state index in [4.69, 9.17) is 0 Å². The standard InChI is InChI=1S/C21H25FN4S/c22-16-6-3-5-15(13-16)9-12-23-10-4-11-24-20-19-17-7-1-2-8-18(17)27-21(19)26-14-25-20/h3,5-6,13-14,23H,1-2,4,7-12H2,(H,24,25,26). The van der Waals surface area contributed by atoms with Gasteiger partial charge in [-0.05, 0) is 74.9 Å². The lowest BCUT2D eigenvalue weighted by Gasteiger charge is -2.12. The van der Waals surface area contributed by atoms with Gasteiger partial charge in [0.05, 0.1) is 5.39 Å². The molecule has 2 aromatic heterocycles. The number of thiophene rings is 1. The van der Waals surface area contributed by atoms with E-state index in [0.717, 1.165) is 55.1 Å². The van der Waals surface area contributed by atoms with E-state index in [1.807, 2.05) is 17.4 Å².